The standard InChI is InChI=1S/C14H21NO4S/c1-4-11-5-7-12(8-6-11)9-20(18,19)15-13(10(2)3)14(16)17/h5-8,10,13,15H,4,9H2,1-3H3,(H,16,17)/t13-/m1/s1. The summed E-state index contributed by atoms with van der Waals surface area (Å²) in [5.74, 6) is -1.69. The number of hydrogen-bond donors (Lipinski definition) is 2. The third kappa shape index (κ3) is 4.94. The minimum Gasteiger partial charge on any atom is -0.480 e. The number of sulfonamides is 1. The lowest BCUT2D eigenvalue weighted by atomic mass is 10.1. The van der Waals surface area contributed by atoms with Crippen molar-refractivity contribution in [3.05, 3.63) is 35.4 Å². The monoisotopic (exact) mass is 299 g/mol. The molecule has 112 valence electrons. The molecule has 0 saturated heterocycles. The second-order valence-electron chi connectivity index (χ2n) is 5.11. The average Bonchev–Trinajstić information content (AvgIpc) is 2.36. The third-order valence-corrected chi connectivity index (χ3v) is 4.35. The largest absolute Gasteiger partial charge is 0.480 e. The van der Waals surface area contributed by atoms with Crippen LogP contribution in [0, 0.1) is 5.92 Å². The van der Waals surface area contributed by atoms with E-state index in [9.17, 15) is 13.2 Å². The summed E-state index contributed by atoms with van der Waals surface area (Å²) in [6, 6.07) is 6.16. The average molecular weight is 299 g/mol. The number of hydrogen-bond acceptors (Lipinski definition) is 3. The molecule has 6 heteroatoms. The summed E-state index contributed by atoms with van der Waals surface area (Å²) in [5, 5.41) is 9.01. The maximum Gasteiger partial charge on any atom is 0.321 e. The van der Waals surface area contributed by atoms with Gasteiger partial charge in [-0.2, -0.15) is 0 Å². The fourth-order valence-electron chi connectivity index (χ4n) is 1.80. The molecule has 0 spiro atoms. The molecule has 0 aromatic heterocycles. The number of benzene rings is 1. The molecule has 0 unspecified atom stereocenters. The minimum absolute atomic E-state index is 0.215. The van der Waals surface area contributed by atoms with Crippen LogP contribution in [-0.4, -0.2) is 25.5 Å². The Balaban J connectivity index is 2.80. The Kier molecular flexibility index (Phi) is 5.71. The molecule has 2 N–H and O–H groups in total. The van der Waals surface area contributed by atoms with Crippen LogP contribution in [0.15, 0.2) is 24.3 Å². The lowest BCUT2D eigenvalue weighted by molar-refractivity contribution is -0.140. The Morgan fingerprint density at radius 3 is 2.10 bits per heavy atom. The van der Waals surface area contributed by atoms with Crippen LogP contribution in [-0.2, 0) is 27.0 Å². The summed E-state index contributed by atoms with van der Waals surface area (Å²) < 4.78 is 26.2. The Bertz CT molecular complexity index is 549. The second-order valence-corrected chi connectivity index (χ2v) is 6.86. The van der Waals surface area contributed by atoms with E-state index in [0.717, 1.165) is 12.0 Å². The highest BCUT2D eigenvalue weighted by Crippen LogP contribution is 2.10. The Morgan fingerprint density at radius 2 is 1.70 bits per heavy atom. The van der Waals surface area contributed by atoms with Crippen molar-refractivity contribution in [2.45, 2.75) is 39.0 Å². The van der Waals surface area contributed by atoms with Gasteiger partial charge in [0.25, 0.3) is 0 Å². The van der Waals surface area contributed by atoms with E-state index in [4.69, 9.17) is 5.11 Å². The number of carboxylic acids is 1. The van der Waals surface area contributed by atoms with E-state index in [1.165, 1.54) is 0 Å². The first-order valence-electron chi connectivity index (χ1n) is 6.55. The fraction of sp³-hybridized carbons (Fsp3) is 0.500. The van der Waals surface area contributed by atoms with Gasteiger partial charge in [0.05, 0.1) is 5.75 Å². The summed E-state index contributed by atoms with van der Waals surface area (Å²) >= 11 is 0. The van der Waals surface area contributed by atoms with Gasteiger partial charge in [0.1, 0.15) is 6.04 Å². The second kappa shape index (κ2) is 6.85. The molecule has 5 nitrogen and oxygen atoms in total. The molecule has 0 bridgehead atoms. The van der Waals surface area contributed by atoms with Crippen molar-refractivity contribution in [3.8, 4) is 0 Å². The minimum atomic E-state index is -3.67. The molecule has 0 radical (unpaired) electrons. The summed E-state index contributed by atoms with van der Waals surface area (Å²) in [5.41, 5.74) is 1.77. The zero-order valence-electron chi connectivity index (χ0n) is 12.0. The van der Waals surface area contributed by atoms with Crippen molar-refractivity contribution in [2.75, 3.05) is 0 Å². The molecule has 0 aliphatic carbocycles. The molecule has 1 rings (SSSR count). The van der Waals surface area contributed by atoms with Gasteiger partial charge in [0.15, 0.2) is 0 Å². The first-order valence-corrected chi connectivity index (χ1v) is 8.21. The maximum atomic E-state index is 12.0. The topological polar surface area (TPSA) is 83.5 Å². The molecule has 0 amide bonds. The van der Waals surface area contributed by atoms with Gasteiger partial charge < -0.3 is 5.11 Å². The summed E-state index contributed by atoms with van der Waals surface area (Å²) in [7, 11) is -3.67. The van der Waals surface area contributed by atoms with Crippen molar-refractivity contribution in [1.82, 2.24) is 4.72 Å². The van der Waals surface area contributed by atoms with Crippen molar-refractivity contribution >= 4 is 16.0 Å². The van der Waals surface area contributed by atoms with Crippen molar-refractivity contribution < 1.29 is 18.3 Å². The van der Waals surface area contributed by atoms with Crippen molar-refractivity contribution in [1.29, 1.82) is 0 Å². The smallest absolute Gasteiger partial charge is 0.321 e. The Morgan fingerprint density at radius 1 is 1.20 bits per heavy atom. The molecule has 0 aliphatic rings. The van der Waals surface area contributed by atoms with Crippen LogP contribution in [0.1, 0.15) is 31.9 Å². The molecular weight excluding hydrogens is 278 g/mol. The molecule has 1 aromatic carbocycles. The quantitative estimate of drug-likeness (QED) is 0.804. The first-order chi connectivity index (χ1) is 9.25. The van der Waals surface area contributed by atoms with Gasteiger partial charge in [-0.1, -0.05) is 45.0 Å². The van der Waals surface area contributed by atoms with Gasteiger partial charge in [0.2, 0.25) is 10.0 Å². The van der Waals surface area contributed by atoms with Crippen LogP contribution in [0.4, 0.5) is 0 Å². The van der Waals surface area contributed by atoms with E-state index >= 15 is 0 Å². The van der Waals surface area contributed by atoms with Crippen LogP contribution in [0.2, 0.25) is 0 Å². The van der Waals surface area contributed by atoms with E-state index < -0.39 is 22.0 Å². The highest BCUT2D eigenvalue weighted by atomic mass is 32.2. The van der Waals surface area contributed by atoms with E-state index in [1.54, 1.807) is 26.0 Å². The van der Waals surface area contributed by atoms with Gasteiger partial charge in [-0.3, -0.25) is 4.79 Å². The summed E-state index contributed by atoms with van der Waals surface area (Å²) in [6.07, 6.45) is 0.889. The highest BCUT2D eigenvalue weighted by molar-refractivity contribution is 7.88. The van der Waals surface area contributed by atoms with Gasteiger partial charge in [0, 0.05) is 0 Å². The third-order valence-electron chi connectivity index (χ3n) is 3.03. The predicted octanol–water partition coefficient (Wildman–Crippen LogP) is 1.78. The lowest BCUT2D eigenvalue weighted by Gasteiger charge is -2.18. The van der Waals surface area contributed by atoms with Crippen LogP contribution in [0.25, 0.3) is 0 Å². The summed E-state index contributed by atoms with van der Waals surface area (Å²) in [4.78, 5) is 11.0. The molecule has 0 heterocycles. The Hall–Kier alpha value is -1.40. The number of carboxylic acid groups (broad SMARTS) is 1. The van der Waals surface area contributed by atoms with E-state index in [1.807, 2.05) is 19.1 Å². The van der Waals surface area contributed by atoms with Crippen molar-refractivity contribution in [2.24, 2.45) is 5.92 Å². The van der Waals surface area contributed by atoms with Crippen LogP contribution >= 0.6 is 0 Å². The van der Waals surface area contributed by atoms with E-state index in [0.29, 0.717) is 5.56 Å². The normalized spacial score (nSPS) is 13.4. The van der Waals surface area contributed by atoms with E-state index in [-0.39, 0.29) is 11.7 Å². The van der Waals surface area contributed by atoms with Crippen LogP contribution < -0.4 is 4.72 Å². The number of rotatable bonds is 7. The van der Waals surface area contributed by atoms with Gasteiger partial charge in [-0.15, -0.1) is 0 Å². The first kappa shape index (κ1) is 16.7. The molecule has 0 saturated carbocycles. The van der Waals surface area contributed by atoms with Gasteiger partial charge in [-0.05, 0) is 23.5 Å². The molecule has 1 atom stereocenters. The predicted molar refractivity (Wildman–Crippen MR) is 77.8 cm³/mol. The van der Waals surface area contributed by atoms with Gasteiger partial charge >= 0.3 is 5.97 Å². The number of aryl methyl sites for hydroxylation is 1. The highest BCUT2D eigenvalue weighted by Gasteiger charge is 2.26. The number of aliphatic carboxylic acids is 1. The molecule has 0 aliphatic heterocycles. The summed E-state index contributed by atoms with van der Waals surface area (Å²) in [6.45, 7) is 5.35. The zero-order valence-corrected chi connectivity index (χ0v) is 12.8. The molecule has 1 aromatic rings. The van der Waals surface area contributed by atoms with Crippen LogP contribution in [0.3, 0.4) is 0 Å². The van der Waals surface area contributed by atoms with E-state index in [2.05, 4.69) is 4.72 Å². The molecule has 20 heavy (non-hydrogen) atoms. The maximum absolute atomic E-state index is 12.0. The van der Waals surface area contributed by atoms with Gasteiger partial charge in [-0.25, -0.2) is 13.1 Å². The Labute approximate surface area is 120 Å². The van der Waals surface area contributed by atoms with Crippen LogP contribution in [0.5, 0.6) is 0 Å². The SMILES string of the molecule is CCc1ccc(CS(=O)(=O)N[C@@H](C(=O)O)C(C)C)cc1. The zero-order chi connectivity index (χ0) is 15.3. The lowest BCUT2D eigenvalue weighted by Crippen LogP contribution is -2.44. The number of carbonyl (C=O) groups is 1. The molecule has 0 fully saturated rings. The number of nitrogens with one attached hydrogen (secondary N) is 1. The van der Waals surface area contributed by atoms with Crippen molar-refractivity contribution in [3.63, 3.8) is 0 Å². The molecular formula is C14H21NO4S. The fourth-order valence-corrected chi connectivity index (χ4v) is 3.27.